The van der Waals surface area contributed by atoms with Crippen LogP contribution in [0.4, 0.5) is 5.69 Å². The molecule has 2 aliphatic rings. The molecule has 0 aliphatic carbocycles. The molecule has 130 valence electrons. The summed E-state index contributed by atoms with van der Waals surface area (Å²) in [7, 11) is -4.19. The summed E-state index contributed by atoms with van der Waals surface area (Å²) in [6, 6.07) is 13.1. The normalized spacial score (nSPS) is 12.2. The van der Waals surface area contributed by atoms with E-state index in [1.807, 2.05) is 24.3 Å². The molecule has 0 unspecified atom stereocenters. The molecule has 25 heavy (non-hydrogen) atoms. The van der Waals surface area contributed by atoms with Crippen LogP contribution in [0.1, 0.15) is 0 Å². The number of halogens is 1. The average Bonchev–Trinajstić information content (AvgIpc) is 2.92. The van der Waals surface area contributed by atoms with Crippen LogP contribution >= 0.6 is 11.3 Å². The van der Waals surface area contributed by atoms with Crippen LogP contribution in [0.15, 0.2) is 47.8 Å². The predicted octanol–water partition coefficient (Wildman–Crippen LogP) is 1.02. The van der Waals surface area contributed by atoms with Crippen molar-refractivity contribution < 1.29 is 38.8 Å². The number of nitrogens with one attached hydrogen (secondary N) is 1. The molecule has 0 aromatic heterocycles. The summed E-state index contributed by atoms with van der Waals surface area (Å²) in [5.41, 5.74) is 3.24. The van der Waals surface area contributed by atoms with Crippen molar-refractivity contribution in [1.82, 2.24) is 0 Å². The van der Waals surface area contributed by atoms with Crippen molar-refractivity contribution in [2.45, 2.75) is 0 Å². The van der Waals surface area contributed by atoms with Gasteiger partial charge in [-0.25, -0.2) is 4.98 Å². The van der Waals surface area contributed by atoms with Crippen molar-refractivity contribution >= 4 is 38.0 Å². The number of hydrogen-bond donors (Lipinski definition) is 3. The number of fused-ring (bicyclic) bond motifs is 5. The van der Waals surface area contributed by atoms with Gasteiger partial charge in [-0.15, -0.1) is 11.3 Å². The Kier molecular flexibility index (Phi) is 4.52. The minimum atomic E-state index is -4.19. The van der Waals surface area contributed by atoms with Gasteiger partial charge in [0.1, 0.15) is 0 Å². The monoisotopic (exact) mass is 383 g/mol. The van der Waals surface area contributed by atoms with Crippen LogP contribution in [0.2, 0.25) is 0 Å². The first-order valence-electron chi connectivity index (χ1n) is 6.79. The molecule has 2 aliphatic heterocycles. The molecular formula is C15H12ClN2O6S+. The molecule has 0 saturated carbocycles. The zero-order valence-electron chi connectivity index (χ0n) is 12.4. The zero-order valence-corrected chi connectivity index (χ0v) is 14.0. The van der Waals surface area contributed by atoms with Crippen LogP contribution < -0.4 is 9.64 Å². The quantitative estimate of drug-likeness (QED) is 0.331. The first kappa shape index (κ1) is 17.4. The van der Waals surface area contributed by atoms with Gasteiger partial charge in [-0.1, -0.05) is 12.1 Å². The second kappa shape index (κ2) is 6.48. The van der Waals surface area contributed by atoms with Gasteiger partial charge in [0.15, 0.2) is 0 Å². The minimum absolute atomic E-state index is 0.121. The summed E-state index contributed by atoms with van der Waals surface area (Å²) in [5, 5.41) is 15.1. The molecule has 0 fully saturated rings. The summed E-state index contributed by atoms with van der Waals surface area (Å²) in [6.07, 6.45) is 0. The summed E-state index contributed by atoms with van der Waals surface area (Å²) in [6.45, 7) is 0. The van der Waals surface area contributed by atoms with E-state index in [0.717, 1.165) is 32.2 Å². The van der Waals surface area contributed by atoms with E-state index >= 15 is 0 Å². The van der Waals surface area contributed by atoms with E-state index in [0.29, 0.717) is 0 Å². The summed E-state index contributed by atoms with van der Waals surface area (Å²) in [5.74, 6) is 0. The molecule has 2 aromatic rings. The Morgan fingerprint density at radius 3 is 2.44 bits per heavy atom. The van der Waals surface area contributed by atoms with Crippen molar-refractivity contribution in [1.29, 1.82) is 0 Å². The molecule has 2 aromatic carbocycles. The number of benzene rings is 2. The molecule has 0 atom stereocenters. The number of nitrogens with zero attached hydrogens (tertiary/aromatic N) is 1. The SMILES string of the molecule is O=[N+]([O-])c1ccc2scc3c4ccccc4[nH+]c-3c2c1.[O-][Cl+](O)(O)O. The molecular weight excluding hydrogens is 372 g/mol. The molecule has 10 heteroatoms. The number of non-ortho nitro benzene ring substituents is 1. The van der Waals surface area contributed by atoms with E-state index in [2.05, 4.69) is 16.4 Å². The molecule has 2 heterocycles. The standard InChI is InChI=1S/C15H8N2O2S.ClH3O4/c18-17(19)9-5-6-14-11(7-9)15-12(8-20-14)10-3-1-2-4-13(10)16-15;2-1(3,4)5/h1-8H;2-4H/p+1. The third-order valence-corrected chi connectivity index (χ3v) is 4.46. The molecule has 4 rings (SSSR count). The Balaban J connectivity index is 0.000000324. The molecule has 0 amide bonds. The predicted molar refractivity (Wildman–Crippen MR) is 85.8 cm³/mol. The molecule has 4 N–H and O–H groups in total. The number of rotatable bonds is 1. The van der Waals surface area contributed by atoms with E-state index in [9.17, 15) is 10.1 Å². The third-order valence-electron chi connectivity index (χ3n) is 3.49. The van der Waals surface area contributed by atoms with Crippen molar-refractivity contribution in [3.05, 3.63) is 58.0 Å². The van der Waals surface area contributed by atoms with Gasteiger partial charge in [0.2, 0.25) is 11.2 Å². The average molecular weight is 384 g/mol. The van der Waals surface area contributed by atoms with Crippen LogP contribution in [0, 0.1) is 20.4 Å². The fourth-order valence-electron chi connectivity index (χ4n) is 2.55. The Morgan fingerprint density at radius 2 is 1.76 bits per heavy atom. The Morgan fingerprint density at radius 1 is 1.08 bits per heavy atom. The molecule has 0 saturated heterocycles. The molecule has 0 radical (unpaired) electrons. The summed E-state index contributed by atoms with van der Waals surface area (Å²) in [4.78, 5) is 14.0. The van der Waals surface area contributed by atoms with Gasteiger partial charge in [0.25, 0.3) is 5.69 Å². The maximum absolute atomic E-state index is 11.0. The molecule has 8 nitrogen and oxygen atoms in total. The van der Waals surface area contributed by atoms with Crippen LogP contribution in [0.5, 0.6) is 0 Å². The third kappa shape index (κ3) is 3.82. The van der Waals surface area contributed by atoms with Gasteiger partial charge in [-0.05, 0) is 12.1 Å². The van der Waals surface area contributed by atoms with E-state index in [-0.39, 0.29) is 10.6 Å². The van der Waals surface area contributed by atoms with Crippen molar-refractivity contribution in [2.24, 2.45) is 0 Å². The Bertz CT molecular complexity index is 1040. The van der Waals surface area contributed by atoms with Crippen molar-refractivity contribution in [3.8, 4) is 11.3 Å². The van der Waals surface area contributed by atoms with Gasteiger partial charge in [0, 0.05) is 28.3 Å². The second-order valence-corrected chi connectivity index (χ2v) is 6.85. The van der Waals surface area contributed by atoms with E-state index in [1.54, 1.807) is 23.5 Å². The van der Waals surface area contributed by atoms with Crippen LogP contribution in [0.3, 0.4) is 0 Å². The molecule has 0 spiro atoms. The van der Waals surface area contributed by atoms with E-state index in [4.69, 9.17) is 18.6 Å². The van der Waals surface area contributed by atoms with Gasteiger partial charge in [-0.2, -0.15) is 0 Å². The first-order valence-corrected chi connectivity index (χ1v) is 9.00. The number of aromatic amines is 1. The van der Waals surface area contributed by atoms with Crippen LogP contribution in [-0.2, 0) is 0 Å². The molecule has 0 bridgehead atoms. The number of H-pyrrole nitrogens is 1. The van der Waals surface area contributed by atoms with Gasteiger partial charge >= 0.3 is 28.9 Å². The fourth-order valence-corrected chi connectivity index (χ4v) is 3.47. The van der Waals surface area contributed by atoms with Gasteiger partial charge < -0.3 is 0 Å². The van der Waals surface area contributed by atoms with E-state index in [1.165, 1.54) is 0 Å². The summed E-state index contributed by atoms with van der Waals surface area (Å²) >= 11 is 1.60. The van der Waals surface area contributed by atoms with Crippen molar-refractivity contribution in [3.63, 3.8) is 0 Å². The number of nitro benzene ring substituents is 1. The van der Waals surface area contributed by atoms with Crippen LogP contribution in [-0.4, -0.2) is 18.9 Å². The number of para-hydroxylation sites is 1. The Labute approximate surface area is 146 Å². The summed E-state index contributed by atoms with van der Waals surface area (Å²) < 4.78 is 31.3. The van der Waals surface area contributed by atoms with Gasteiger partial charge in [-0.3, -0.25) is 10.1 Å². The number of nitro groups is 1. The van der Waals surface area contributed by atoms with Crippen molar-refractivity contribution in [2.75, 3.05) is 0 Å². The zero-order chi connectivity index (χ0) is 18.2. The number of aromatic nitrogens is 1. The van der Waals surface area contributed by atoms with Crippen LogP contribution in [0.25, 0.3) is 32.2 Å². The Hall–Kier alpha value is -2.40. The first-order chi connectivity index (χ1) is 11.7. The fraction of sp³-hybridized carbons (Fsp3) is 0. The topological polar surface area (TPSA) is 141 Å². The maximum atomic E-state index is 11.0. The van der Waals surface area contributed by atoms with Gasteiger partial charge in [0.05, 0.1) is 21.3 Å². The van der Waals surface area contributed by atoms with E-state index < -0.39 is 10.2 Å². The number of hydrogen-bond acceptors (Lipinski definition) is 7. The second-order valence-electron chi connectivity index (χ2n) is 5.07.